The van der Waals surface area contributed by atoms with Crippen LogP contribution in [0.4, 0.5) is 5.69 Å². The Hall–Kier alpha value is -5.77. The number of carbonyl (C=O) groups is 4. The van der Waals surface area contributed by atoms with E-state index in [1.165, 1.54) is 37.2 Å². The number of hydrogen-bond acceptors (Lipinski definition) is 11. The van der Waals surface area contributed by atoms with Gasteiger partial charge in [-0.2, -0.15) is 9.97 Å². The Labute approximate surface area is 230 Å². The molecule has 2 heterocycles. The molecule has 16 nitrogen and oxygen atoms in total. The minimum atomic E-state index is -1.38. The number of nitrogens with one attached hydrogen (secondary N) is 2. The third kappa shape index (κ3) is 5.96. The highest BCUT2D eigenvalue weighted by Crippen LogP contribution is 2.40. The van der Waals surface area contributed by atoms with Gasteiger partial charge < -0.3 is 45.5 Å². The van der Waals surface area contributed by atoms with Gasteiger partial charge in [-0.1, -0.05) is 6.07 Å². The summed E-state index contributed by atoms with van der Waals surface area (Å²) in [7, 11) is 2.94. The van der Waals surface area contributed by atoms with E-state index in [9.17, 15) is 34.5 Å². The van der Waals surface area contributed by atoms with Gasteiger partial charge >= 0.3 is 17.9 Å². The number of nitrogen functional groups attached to an aromatic ring is 1. The zero-order chi connectivity index (χ0) is 30.0. The molecule has 0 radical (unpaired) electrons. The normalized spacial score (nSPS) is 13.7. The molecule has 7 N–H and O–H groups in total. The summed E-state index contributed by atoms with van der Waals surface area (Å²) in [4.78, 5) is 57.8. The standard InChI is InChI=1S/C25H22N6O10/c1-31(2)22(34)11-5-12(23(35)36)7-13(6-11)39-20-17-21(40-16(9-32)19(33)28-17)30-25(29-20)41-15-8-10(18(26)27)3-4-14(15)24(37)38/h3-8,16,32H,9H2,1-2H3,(H3,26,27)(H,28,33)(H,35,36)(H,37,38). The molecule has 1 atom stereocenters. The van der Waals surface area contributed by atoms with Crippen LogP contribution in [0.15, 0.2) is 36.4 Å². The number of amidine groups is 1. The molecular formula is C25H22N6O10. The van der Waals surface area contributed by atoms with Crippen molar-refractivity contribution in [3.05, 3.63) is 58.7 Å². The van der Waals surface area contributed by atoms with Crippen molar-refractivity contribution in [2.45, 2.75) is 6.10 Å². The molecule has 0 aliphatic carbocycles. The summed E-state index contributed by atoms with van der Waals surface area (Å²) in [5.74, 6) is -5.65. The number of nitrogens with zero attached hydrogens (tertiary/aromatic N) is 3. The molecule has 3 aromatic rings. The maximum atomic E-state index is 12.5. The topological polar surface area (TPSA) is 248 Å². The number of amides is 2. The monoisotopic (exact) mass is 566 g/mol. The van der Waals surface area contributed by atoms with Gasteiger partial charge in [-0.15, -0.1) is 0 Å². The first-order valence-corrected chi connectivity index (χ1v) is 11.6. The van der Waals surface area contributed by atoms with Gasteiger partial charge in [-0.25, -0.2) is 9.59 Å². The van der Waals surface area contributed by atoms with E-state index in [0.717, 1.165) is 18.2 Å². The Kier molecular flexibility index (Phi) is 7.68. The molecule has 0 bridgehead atoms. The van der Waals surface area contributed by atoms with Gasteiger partial charge in [0.2, 0.25) is 12.0 Å². The molecule has 1 aromatic heterocycles. The van der Waals surface area contributed by atoms with Crippen LogP contribution < -0.4 is 25.3 Å². The van der Waals surface area contributed by atoms with Crippen molar-refractivity contribution in [3.63, 3.8) is 0 Å². The molecule has 1 aliphatic rings. The van der Waals surface area contributed by atoms with Crippen molar-refractivity contribution in [2.24, 2.45) is 5.73 Å². The maximum absolute atomic E-state index is 12.5. The summed E-state index contributed by atoms with van der Waals surface area (Å²) in [6.45, 7) is -0.720. The lowest BCUT2D eigenvalue weighted by molar-refractivity contribution is -0.125. The van der Waals surface area contributed by atoms with E-state index < -0.39 is 48.4 Å². The number of aromatic carboxylic acids is 2. The van der Waals surface area contributed by atoms with Gasteiger partial charge in [-0.3, -0.25) is 15.0 Å². The van der Waals surface area contributed by atoms with Gasteiger partial charge in [-0.05, 0) is 30.3 Å². The van der Waals surface area contributed by atoms with Crippen molar-refractivity contribution in [2.75, 3.05) is 26.0 Å². The first-order valence-electron chi connectivity index (χ1n) is 11.6. The van der Waals surface area contributed by atoms with Crippen molar-refractivity contribution < 1.29 is 48.7 Å². The lowest BCUT2D eigenvalue weighted by atomic mass is 10.1. The summed E-state index contributed by atoms with van der Waals surface area (Å²) < 4.78 is 16.8. The lowest BCUT2D eigenvalue weighted by Crippen LogP contribution is -2.40. The number of ether oxygens (including phenoxy) is 3. The molecule has 0 spiro atoms. The average molecular weight is 566 g/mol. The van der Waals surface area contributed by atoms with E-state index in [1.807, 2.05) is 0 Å². The van der Waals surface area contributed by atoms with Crippen LogP contribution in [0.25, 0.3) is 0 Å². The third-order valence-electron chi connectivity index (χ3n) is 5.53. The molecule has 2 amide bonds. The second-order valence-corrected chi connectivity index (χ2v) is 8.65. The number of aliphatic hydroxyl groups excluding tert-OH is 1. The van der Waals surface area contributed by atoms with Crippen molar-refractivity contribution in [1.82, 2.24) is 14.9 Å². The summed E-state index contributed by atoms with van der Waals surface area (Å²) in [6.07, 6.45) is -1.37. The number of nitrogens with two attached hydrogens (primary N) is 1. The number of aliphatic hydroxyl groups is 1. The van der Waals surface area contributed by atoms with Crippen LogP contribution in [0, 0.1) is 5.41 Å². The SMILES string of the molecule is CN(C)C(=O)c1cc(Oc2nc(Oc3cc(C(=N)N)ccc3C(=O)O)nc3c2NC(=O)C(CO)O3)cc(C(=O)O)c1. The Morgan fingerprint density at radius 2 is 1.76 bits per heavy atom. The quantitative estimate of drug-likeness (QED) is 0.157. The Balaban J connectivity index is 1.84. The van der Waals surface area contributed by atoms with Crippen molar-refractivity contribution in [3.8, 4) is 29.3 Å². The van der Waals surface area contributed by atoms with Crippen LogP contribution in [0.1, 0.15) is 36.6 Å². The number of hydrogen-bond donors (Lipinski definition) is 6. The number of carboxylic acid groups (broad SMARTS) is 2. The highest BCUT2D eigenvalue weighted by molar-refractivity contribution is 6.00. The highest BCUT2D eigenvalue weighted by atomic mass is 16.5. The average Bonchev–Trinajstić information content (AvgIpc) is 2.92. The fraction of sp³-hybridized carbons (Fsp3) is 0.160. The zero-order valence-electron chi connectivity index (χ0n) is 21.4. The Morgan fingerprint density at radius 3 is 2.37 bits per heavy atom. The lowest BCUT2D eigenvalue weighted by Gasteiger charge is -2.25. The molecule has 16 heteroatoms. The molecule has 212 valence electrons. The fourth-order valence-corrected chi connectivity index (χ4v) is 3.55. The number of fused-ring (bicyclic) bond motifs is 1. The summed E-state index contributed by atoms with van der Waals surface area (Å²) in [5, 5.41) is 38.7. The van der Waals surface area contributed by atoms with Crippen molar-refractivity contribution in [1.29, 1.82) is 5.41 Å². The molecule has 0 saturated heterocycles. The van der Waals surface area contributed by atoms with Gasteiger partial charge in [0, 0.05) is 25.2 Å². The molecule has 0 saturated carbocycles. The summed E-state index contributed by atoms with van der Waals surface area (Å²) in [6, 6.07) is 6.57. The first kappa shape index (κ1) is 28.2. The van der Waals surface area contributed by atoms with Crippen LogP contribution in [-0.2, 0) is 4.79 Å². The fourth-order valence-electron chi connectivity index (χ4n) is 3.55. The van der Waals surface area contributed by atoms with E-state index in [1.54, 1.807) is 0 Å². The Bertz CT molecular complexity index is 1610. The first-order chi connectivity index (χ1) is 19.4. The molecule has 41 heavy (non-hydrogen) atoms. The second kappa shape index (κ2) is 11.1. The smallest absolute Gasteiger partial charge is 0.339 e. The maximum Gasteiger partial charge on any atom is 0.339 e. The molecule has 1 aliphatic heterocycles. The third-order valence-corrected chi connectivity index (χ3v) is 5.53. The summed E-state index contributed by atoms with van der Waals surface area (Å²) in [5.41, 5.74) is 4.77. The molecule has 4 rings (SSSR count). The van der Waals surface area contributed by atoms with Crippen LogP contribution in [0.2, 0.25) is 0 Å². The molecule has 1 unspecified atom stereocenters. The van der Waals surface area contributed by atoms with E-state index in [4.69, 9.17) is 25.4 Å². The minimum Gasteiger partial charge on any atom is -0.478 e. The van der Waals surface area contributed by atoms with E-state index in [-0.39, 0.29) is 51.2 Å². The number of benzene rings is 2. The molecule has 0 fully saturated rings. The van der Waals surface area contributed by atoms with Crippen molar-refractivity contribution >= 4 is 35.3 Å². The number of aromatic nitrogens is 2. The van der Waals surface area contributed by atoms with Crippen LogP contribution in [0.5, 0.6) is 29.3 Å². The second-order valence-electron chi connectivity index (χ2n) is 8.65. The largest absolute Gasteiger partial charge is 0.478 e. The van der Waals surface area contributed by atoms with Crippen LogP contribution in [-0.4, -0.2) is 86.6 Å². The Morgan fingerprint density at radius 1 is 1.05 bits per heavy atom. The number of anilines is 1. The molecule has 2 aromatic carbocycles. The van der Waals surface area contributed by atoms with Gasteiger partial charge in [0.05, 0.1) is 12.2 Å². The minimum absolute atomic E-state index is 0.0305. The summed E-state index contributed by atoms with van der Waals surface area (Å²) >= 11 is 0. The van der Waals surface area contributed by atoms with E-state index in [0.29, 0.717) is 0 Å². The van der Waals surface area contributed by atoms with E-state index >= 15 is 0 Å². The number of carboxylic acids is 2. The number of carbonyl (C=O) groups excluding carboxylic acids is 2. The molecular weight excluding hydrogens is 544 g/mol. The highest BCUT2D eigenvalue weighted by Gasteiger charge is 2.33. The van der Waals surface area contributed by atoms with Gasteiger partial charge in [0.1, 0.15) is 22.9 Å². The van der Waals surface area contributed by atoms with Gasteiger partial charge in [0.25, 0.3) is 17.7 Å². The van der Waals surface area contributed by atoms with E-state index in [2.05, 4.69) is 15.3 Å². The number of rotatable bonds is 9. The van der Waals surface area contributed by atoms with Gasteiger partial charge in [0.15, 0.2) is 5.69 Å². The van der Waals surface area contributed by atoms with Crippen LogP contribution in [0.3, 0.4) is 0 Å². The zero-order valence-corrected chi connectivity index (χ0v) is 21.4. The predicted molar refractivity (Wildman–Crippen MR) is 138 cm³/mol. The van der Waals surface area contributed by atoms with Crippen LogP contribution >= 0.6 is 0 Å². The predicted octanol–water partition coefficient (Wildman–Crippen LogP) is 1.14.